The van der Waals surface area contributed by atoms with E-state index in [-0.39, 0.29) is 11.8 Å². The second-order valence-electron chi connectivity index (χ2n) is 7.19. The average Bonchev–Trinajstić information content (AvgIpc) is 3.40. The second kappa shape index (κ2) is 6.83. The van der Waals surface area contributed by atoms with E-state index in [4.69, 9.17) is 0 Å². The maximum atomic E-state index is 12.9. The first-order valence-corrected chi connectivity index (χ1v) is 9.19. The Kier molecular flexibility index (Phi) is 4.37. The first-order chi connectivity index (χ1) is 12.7. The molecule has 2 fully saturated rings. The van der Waals surface area contributed by atoms with Gasteiger partial charge in [0.1, 0.15) is 6.07 Å². The minimum absolute atomic E-state index is 0.108. The Balaban J connectivity index is 1.40. The van der Waals surface area contributed by atoms with Gasteiger partial charge in [0.15, 0.2) is 0 Å². The Morgan fingerprint density at radius 2 is 2.08 bits per heavy atom. The van der Waals surface area contributed by atoms with E-state index in [2.05, 4.69) is 16.1 Å². The third kappa shape index (κ3) is 3.17. The smallest absolute Gasteiger partial charge is 0.226 e. The Bertz CT molecular complexity index is 852. The van der Waals surface area contributed by atoms with Gasteiger partial charge in [0.2, 0.25) is 5.91 Å². The molecule has 6 nitrogen and oxygen atoms in total. The first-order valence-electron chi connectivity index (χ1n) is 9.19. The Hall–Kier alpha value is -2.81. The summed E-state index contributed by atoms with van der Waals surface area (Å²) in [6.07, 6.45) is 5.75. The highest BCUT2D eigenvalue weighted by atomic mass is 16.2. The van der Waals surface area contributed by atoms with E-state index >= 15 is 0 Å². The molecular weight excluding hydrogens is 326 g/mol. The van der Waals surface area contributed by atoms with E-state index in [0.29, 0.717) is 11.5 Å². The lowest BCUT2D eigenvalue weighted by Crippen LogP contribution is -2.36. The molecule has 1 saturated heterocycles. The molecule has 134 valence electrons. The fraction of sp³-hybridized carbons (Fsp3) is 0.450. The van der Waals surface area contributed by atoms with Crippen molar-refractivity contribution in [2.75, 3.05) is 31.1 Å². The van der Waals surface area contributed by atoms with Crippen molar-refractivity contribution < 1.29 is 4.79 Å². The monoisotopic (exact) mass is 349 g/mol. The van der Waals surface area contributed by atoms with Crippen molar-refractivity contribution in [3.63, 3.8) is 0 Å². The molecule has 0 N–H and O–H groups in total. The zero-order chi connectivity index (χ0) is 18.1. The number of para-hydroxylation sites is 1. The molecule has 2 heterocycles. The van der Waals surface area contributed by atoms with E-state index in [1.807, 2.05) is 48.6 Å². The summed E-state index contributed by atoms with van der Waals surface area (Å²) in [7, 11) is 1.91. The van der Waals surface area contributed by atoms with Crippen LogP contribution in [0.25, 0.3) is 0 Å². The van der Waals surface area contributed by atoms with Crippen LogP contribution >= 0.6 is 0 Å². The number of hydrogen-bond donors (Lipinski definition) is 0. The molecule has 2 aromatic rings. The van der Waals surface area contributed by atoms with E-state index in [9.17, 15) is 10.1 Å². The van der Waals surface area contributed by atoms with Gasteiger partial charge >= 0.3 is 0 Å². The van der Waals surface area contributed by atoms with Crippen molar-refractivity contribution in [2.24, 2.45) is 13.0 Å². The first kappa shape index (κ1) is 16.6. The molecule has 26 heavy (non-hydrogen) atoms. The molecule has 0 spiro atoms. The highest BCUT2D eigenvalue weighted by molar-refractivity contribution is 5.83. The molecule has 1 amide bonds. The number of amides is 1. The summed E-state index contributed by atoms with van der Waals surface area (Å²) in [6.45, 7) is 3.16. The molecule has 1 aromatic heterocycles. The fourth-order valence-electron chi connectivity index (χ4n) is 3.93. The van der Waals surface area contributed by atoms with Crippen molar-refractivity contribution in [3.05, 3.63) is 47.8 Å². The summed E-state index contributed by atoms with van der Waals surface area (Å²) < 4.78 is 1.80. The molecule has 0 bridgehead atoms. The fourth-order valence-corrected chi connectivity index (χ4v) is 3.93. The van der Waals surface area contributed by atoms with Crippen LogP contribution in [-0.4, -0.2) is 46.8 Å². The second-order valence-corrected chi connectivity index (χ2v) is 7.19. The minimum atomic E-state index is 0.108. The summed E-state index contributed by atoms with van der Waals surface area (Å²) >= 11 is 0. The number of nitriles is 1. The molecule has 0 radical (unpaired) electrons. The molecule has 4 rings (SSSR count). The Morgan fingerprint density at radius 3 is 2.85 bits per heavy atom. The van der Waals surface area contributed by atoms with Gasteiger partial charge < -0.3 is 9.80 Å². The predicted molar refractivity (Wildman–Crippen MR) is 98.6 cm³/mol. The number of anilines is 1. The predicted octanol–water partition coefficient (Wildman–Crippen LogP) is 2.13. The van der Waals surface area contributed by atoms with Gasteiger partial charge in [-0.3, -0.25) is 9.48 Å². The zero-order valence-corrected chi connectivity index (χ0v) is 15.0. The van der Waals surface area contributed by atoms with Gasteiger partial charge in [-0.2, -0.15) is 10.4 Å². The Morgan fingerprint density at radius 1 is 1.23 bits per heavy atom. The SMILES string of the molecule is Cn1cc(C2CC2C(=O)N2CCCN(c3ccccc3C#N)CC2)cn1. The minimum Gasteiger partial charge on any atom is -0.369 e. The summed E-state index contributed by atoms with van der Waals surface area (Å²) in [4.78, 5) is 17.1. The lowest BCUT2D eigenvalue weighted by Gasteiger charge is -2.24. The normalized spacial score (nSPS) is 22.6. The number of benzene rings is 1. The third-order valence-electron chi connectivity index (χ3n) is 5.43. The summed E-state index contributed by atoms with van der Waals surface area (Å²) in [5, 5.41) is 13.5. The number of carbonyl (C=O) groups excluding carboxylic acids is 1. The van der Waals surface area contributed by atoms with Gasteiger partial charge in [-0.05, 0) is 36.5 Å². The largest absolute Gasteiger partial charge is 0.369 e. The van der Waals surface area contributed by atoms with Crippen LogP contribution in [0.15, 0.2) is 36.7 Å². The van der Waals surface area contributed by atoms with Crippen LogP contribution in [0.1, 0.15) is 29.9 Å². The maximum absolute atomic E-state index is 12.9. The van der Waals surface area contributed by atoms with Crippen molar-refractivity contribution >= 4 is 11.6 Å². The van der Waals surface area contributed by atoms with Crippen LogP contribution in [0.5, 0.6) is 0 Å². The van der Waals surface area contributed by atoms with E-state index in [1.165, 1.54) is 5.56 Å². The van der Waals surface area contributed by atoms with Crippen LogP contribution in [0, 0.1) is 17.2 Å². The van der Waals surface area contributed by atoms with Gasteiger partial charge in [0, 0.05) is 45.3 Å². The standard InChI is InChI=1S/C20H23N5O/c1-23-14-16(13-22-23)17-11-18(17)20(26)25-8-4-7-24(9-10-25)19-6-3-2-5-15(19)12-21/h2-3,5-6,13-14,17-18H,4,7-11H2,1H3. The molecule has 1 saturated carbocycles. The molecule has 2 aliphatic rings. The van der Waals surface area contributed by atoms with E-state index in [1.54, 1.807) is 4.68 Å². The summed E-state index contributed by atoms with van der Waals surface area (Å²) in [5.41, 5.74) is 2.85. The molecule has 1 aliphatic heterocycles. The quantitative estimate of drug-likeness (QED) is 0.851. The number of carbonyl (C=O) groups is 1. The van der Waals surface area contributed by atoms with Gasteiger partial charge in [0.05, 0.1) is 17.4 Å². The number of hydrogen-bond acceptors (Lipinski definition) is 4. The van der Waals surface area contributed by atoms with E-state index < -0.39 is 0 Å². The number of rotatable bonds is 3. The van der Waals surface area contributed by atoms with Crippen molar-refractivity contribution in [2.45, 2.75) is 18.8 Å². The van der Waals surface area contributed by atoms with Crippen molar-refractivity contribution in [1.82, 2.24) is 14.7 Å². The number of nitrogens with zero attached hydrogens (tertiary/aromatic N) is 5. The lowest BCUT2D eigenvalue weighted by molar-refractivity contribution is -0.132. The number of aromatic nitrogens is 2. The van der Waals surface area contributed by atoms with Crippen LogP contribution in [0.2, 0.25) is 0 Å². The summed E-state index contributed by atoms with van der Waals surface area (Å²) in [5.74, 6) is 0.710. The molecule has 2 atom stereocenters. The summed E-state index contributed by atoms with van der Waals surface area (Å²) in [6, 6.07) is 9.97. The molecule has 6 heteroatoms. The van der Waals surface area contributed by atoms with Crippen LogP contribution < -0.4 is 4.90 Å². The average molecular weight is 349 g/mol. The van der Waals surface area contributed by atoms with Gasteiger partial charge in [-0.15, -0.1) is 0 Å². The highest BCUT2D eigenvalue weighted by Crippen LogP contribution is 2.48. The molecular formula is C20H23N5O. The topological polar surface area (TPSA) is 65.2 Å². The lowest BCUT2D eigenvalue weighted by atomic mass is 10.1. The van der Waals surface area contributed by atoms with Crippen LogP contribution in [0.3, 0.4) is 0 Å². The number of aryl methyl sites for hydroxylation is 1. The van der Waals surface area contributed by atoms with Gasteiger partial charge in [-0.1, -0.05) is 12.1 Å². The molecule has 1 aliphatic carbocycles. The molecule has 2 unspecified atom stereocenters. The van der Waals surface area contributed by atoms with Crippen molar-refractivity contribution in [1.29, 1.82) is 5.26 Å². The maximum Gasteiger partial charge on any atom is 0.226 e. The van der Waals surface area contributed by atoms with E-state index in [0.717, 1.165) is 44.7 Å². The van der Waals surface area contributed by atoms with Gasteiger partial charge in [-0.25, -0.2) is 0 Å². The highest BCUT2D eigenvalue weighted by Gasteiger charge is 2.46. The van der Waals surface area contributed by atoms with Crippen LogP contribution in [0.4, 0.5) is 5.69 Å². The van der Waals surface area contributed by atoms with Crippen molar-refractivity contribution in [3.8, 4) is 6.07 Å². The van der Waals surface area contributed by atoms with Crippen LogP contribution in [-0.2, 0) is 11.8 Å². The zero-order valence-electron chi connectivity index (χ0n) is 15.0. The molecule has 1 aromatic carbocycles. The Labute approximate surface area is 153 Å². The van der Waals surface area contributed by atoms with Gasteiger partial charge in [0.25, 0.3) is 0 Å². The third-order valence-corrected chi connectivity index (χ3v) is 5.43.